The average molecular weight is 1170 g/mol. The zero-order valence-corrected chi connectivity index (χ0v) is 48.4. The Balaban J connectivity index is 0.866. The number of ether oxygens (including phenoxy) is 6. The van der Waals surface area contributed by atoms with E-state index in [1.165, 1.54) is 16.7 Å². The number of imide groups is 1. The lowest BCUT2D eigenvalue weighted by molar-refractivity contribution is -0.137. The summed E-state index contributed by atoms with van der Waals surface area (Å²) in [5.41, 5.74) is 14.7. The summed E-state index contributed by atoms with van der Waals surface area (Å²) in [6.45, 7) is 10.2. The van der Waals surface area contributed by atoms with Gasteiger partial charge in [0.2, 0.25) is 17.7 Å². The van der Waals surface area contributed by atoms with E-state index < -0.39 is 41.9 Å². The number of imidazole rings is 1. The molecule has 4 heterocycles. The molecule has 1 fully saturated rings. The number of anilines is 2. The monoisotopic (exact) mass is 1170 g/mol. The van der Waals surface area contributed by atoms with Crippen LogP contribution in [0.3, 0.4) is 0 Å². The number of rotatable bonds is 36. The molecule has 0 saturated carbocycles. The third-order valence-electron chi connectivity index (χ3n) is 13.9. The van der Waals surface area contributed by atoms with Gasteiger partial charge >= 0.3 is 23.8 Å². The lowest BCUT2D eigenvalue weighted by Crippen LogP contribution is -2.54. The number of nitrogen functional groups attached to an aromatic ring is 1. The number of primary amides is 1. The van der Waals surface area contributed by atoms with Gasteiger partial charge in [-0.2, -0.15) is 9.97 Å². The summed E-state index contributed by atoms with van der Waals surface area (Å²) in [5.74, 6) is -1.83. The number of hydrogen-bond acceptors (Lipinski definition) is 18. The molecule has 458 valence electrons. The molecule has 2 aromatic heterocycles. The molecule has 0 aliphatic carbocycles. The number of unbranched alkanes of at least 4 members (excludes halogenated alkanes) is 1. The van der Waals surface area contributed by atoms with Crippen molar-refractivity contribution in [3.05, 3.63) is 81.8 Å². The van der Waals surface area contributed by atoms with Crippen LogP contribution in [0, 0.1) is 5.92 Å². The van der Waals surface area contributed by atoms with Crippen LogP contribution >= 0.6 is 0 Å². The maximum absolute atomic E-state index is 13.7. The van der Waals surface area contributed by atoms with Gasteiger partial charge in [0, 0.05) is 55.5 Å². The molecule has 84 heavy (non-hydrogen) atoms. The minimum absolute atomic E-state index is 0.00788. The van der Waals surface area contributed by atoms with Crippen molar-refractivity contribution in [3.8, 4) is 11.8 Å². The largest absolute Gasteiger partial charge is 0.496 e. The normalized spacial score (nSPS) is 14.4. The van der Waals surface area contributed by atoms with Crippen molar-refractivity contribution in [2.45, 2.75) is 110 Å². The van der Waals surface area contributed by atoms with Crippen molar-refractivity contribution >= 4 is 64.3 Å². The van der Waals surface area contributed by atoms with Crippen molar-refractivity contribution in [1.82, 2.24) is 50.6 Å². The summed E-state index contributed by atoms with van der Waals surface area (Å²) >= 11 is 0. The molecule has 27 heteroatoms. The van der Waals surface area contributed by atoms with E-state index in [1.807, 2.05) is 18.2 Å². The number of methoxy groups -OCH3 is 1. The Morgan fingerprint density at radius 1 is 0.810 bits per heavy atom. The standard InChI is InChI=1S/C57H81N13O14/c1-5-6-27-83-55-66-50(58)49-51(67-55)70(56(77)65-49)35-40-14-11-38(34-44(40)79-4)9-8-23-68-24-19-42(20-25-68)62-57(78)84-36-39-12-15-41(16-13-39)61-52(74)43(10-7-22-60-54(59)76)63-53(75)48(37(2)3)64-45(71)21-28-80-30-32-82-33-31-81-29-26-69-46(72)17-18-47(69)73/h11-18,34,37,42-43,48H,5-10,19-33,35-36H2,1-4H3,(H,61,74)(H,62,78)(H,63,75)(H,64,71)(H,65,77)(H2,58,66,67)(H3,59,60,76)/t43-,48-/m0/s1. The molecule has 1 saturated heterocycles. The number of likely N-dealkylation sites (tertiary alicyclic amines) is 1. The molecular weight excluding hydrogens is 1090 g/mol. The van der Waals surface area contributed by atoms with Crippen LogP contribution in [0.2, 0.25) is 0 Å². The molecule has 2 aliphatic rings. The number of benzene rings is 2. The number of aromatic amines is 1. The van der Waals surface area contributed by atoms with E-state index in [9.17, 15) is 38.4 Å². The second-order valence-corrected chi connectivity index (χ2v) is 20.6. The molecule has 0 unspecified atom stereocenters. The maximum Gasteiger partial charge on any atom is 0.407 e. The third-order valence-corrected chi connectivity index (χ3v) is 13.9. The minimum atomic E-state index is -1.05. The SMILES string of the molecule is CCCCOc1nc(N)c2[nH]c(=O)n(Cc3ccc(CCCN4CCC(NC(=O)OCc5ccc(NC(=O)[C@H](CCCNC(N)=O)NC(=O)[C@@H](NC(=O)CCOCCOCCOCCN6C(=O)C=CC6=O)C(C)C)cc5)CC4)cc3OC)c2n1. The zero-order chi connectivity index (χ0) is 60.4. The lowest BCUT2D eigenvalue weighted by atomic mass is 10.0. The maximum atomic E-state index is 13.7. The molecule has 6 rings (SSSR count). The van der Waals surface area contributed by atoms with Gasteiger partial charge in [-0.3, -0.25) is 33.4 Å². The Labute approximate surface area is 487 Å². The highest BCUT2D eigenvalue weighted by Gasteiger charge is 2.30. The first kappa shape index (κ1) is 65.0. The fourth-order valence-electron chi connectivity index (χ4n) is 9.22. The number of H-pyrrole nitrogens is 1. The number of nitrogens with two attached hydrogens (primary N) is 2. The smallest absolute Gasteiger partial charge is 0.407 e. The van der Waals surface area contributed by atoms with Crippen molar-refractivity contribution in [3.63, 3.8) is 0 Å². The molecule has 2 atom stereocenters. The highest BCUT2D eigenvalue weighted by atomic mass is 16.6. The molecule has 10 N–H and O–H groups in total. The summed E-state index contributed by atoms with van der Waals surface area (Å²) < 4.78 is 34.9. The first-order valence-corrected chi connectivity index (χ1v) is 28.5. The number of urea groups is 1. The highest BCUT2D eigenvalue weighted by molar-refractivity contribution is 6.12. The molecular formula is C57H81N13O14. The number of hydrogen-bond donors (Lipinski definition) is 8. The Morgan fingerprint density at radius 2 is 1.50 bits per heavy atom. The first-order chi connectivity index (χ1) is 40.5. The van der Waals surface area contributed by atoms with Gasteiger partial charge in [-0.1, -0.05) is 51.5 Å². The number of aryl methyl sites for hydroxylation is 1. The second kappa shape index (κ2) is 33.8. The van der Waals surface area contributed by atoms with E-state index >= 15 is 0 Å². The summed E-state index contributed by atoms with van der Waals surface area (Å²) in [6, 6.07) is 10.0. The predicted molar refractivity (Wildman–Crippen MR) is 310 cm³/mol. The van der Waals surface area contributed by atoms with Crippen LogP contribution in [0.4, 0.5) is 21.1 Å². The Hall–Kier alpha value is -8.14. The highest BCUT2D eigenvalue weighted by Crippen LogP contribution is 2.25. The molecule has 2 aliphatic heterocycles. The van der Waals surface area contributed by atoms with Crippen molar-refractivity contribution < 1.29 is 62.0 Å². The van der Waals surface area contributed by atoms with E-state index in [-0.39, 0.29) is 120 Å². The second-order valence-electron chi connectivity index (χ2n) is 20.6. The Kier molecular flexibility index (Phi) is 26.2. The van der Waals surface area contributed by atoms with Gasteiger partial charge < -0.3 is 76.4 Å². The van der Waals surface area contributed by atoms with E-state index in [4.69, 9.17) is 39.9 Å². The van der Waals surface area contributed by atoms with Crippen LogP contribution in [0.15, 0.2) is 59.4 Å². The van der Waals surface area contributed by atoms with Crippen molar-refractivity contribution in [1.29, 1.82) is 0 Å². The number of aromatic nitrogens is 4. The van der Waals surface area contributed by atoms with Gasteiger partial charge in [-0.15, -0.1) is 0 Å². The number of piperidine rings is 1. The molecule has 0 spiro atoms. The number of fused-ring (bicyclic) bond motifs is 1. The molecule has 0 bridgehead atoms. The van der Waals surface area contributed by atoms with E-state index in [0.717, 1.165) is 74.2 Å². The van der Waals surface area contributed by atoms with E-state index in [0.29, 0.717) is 41.2 Å². The van der Waals surface area contributed by atoms with Crippen LogP contribution in [0.1, 0.15) is 88.8 Å². The topological polar surface area (TPSA) is 357 Å². The van der Waals surface area contributed by atoms with Crippen molar-refractivity contribution in [2.75, 3.05) is 97.1 Å². The summed E-state index contributed by atoms with van der Waals surface area (Å²) in [7, 11) is 1.60. The lowest BCUT2D eigenvalue weighted by Gasteiger charge is -2.32. The van der Waals surface area contributed by atoms with E-state index in [2.05, 4.69) is 53.4 Å². The van der Waals surface area contributed by atoms with E-state index in [1.54, 1.807) is 45.2 Å². The molecule has 4 aromatic rings. The Morgan fingerprint density at radius 3 is 2.18 bits per heavy atom. The van der Waals surface area contributed by atoms with Gasteiger partial charge in [0.1, 0.15) is 30.0 Å². The van der Waals surface area contributed by atoms with Gasteiger partial charge in [0.05, 0.1) is 66.4 Å². The van der Waals surface area contributed by atoms with Crippen LogP contribution in [0.25, 0.3) is 11.2 Å². The van der Waals surface area contributed by atoms with Crippen LogP contribution in [-0.4, -0.2) is 175 Å². The first-order valence-electron chi connectivity index (χ1n) is 28.5. The number of carbonyl (C=O) groups is 7. The van der Waals surface area contributed by atoms with Crippen LogP contribution in [-0.2, 0) is 62.5 Å². The third kappa shape index (κ3) is 20.9. The predicted octanol–water partition coefficient (Wildman–Crippen LogP) is 2.64. The van der Waals surface area contributed by atoms with Crippen LogP contribution in [0.5, 0.6) is 11.8 Å². The Bertz CT molecular complexity index is 2910. The molecule has 27 nitrogen and oxygen atoms in total. The fourth-order valence-corrected chi connectivity index (χ4v) is 9.22. The zero-order valence-electron chi connectivity index (χ0n) is 48.4. The molecule has 2 aromatic carbocycles. The van der Waals surface area contributed by atoms with Gasteiger partial charge in [-0.25, -0.2) is 14.4 Å². The van der Waals surface area contributed by atoms with Gasteiger partial charge in [0.15, 0.2) is 11.5 Å². The summed E-state index contributed by atoms with van der Waals surface area (Å²) in [5, 5.41) is 13.8. The molecule has 0 radical (unpaired) electrons. The number of nitrogens with one attached hydrogen (secondary N) is 6. The average Bonchev–Trinajstić information content (AvgIpc) is 3.06. The van der Waals surface area contributed by atoms with Gasteiger partial charge in [-0.05, 0) is 86.7 Å². The number of amides is 8. The number of alkyl carbamates (subject to hydrolysis) is 1. The number of nitrogens with zero attached hydrogens (tertiary/aromatic N) is 5. The minimum Gasteiger partial charge on any atom is -0.496 e. The summed E-state index contributed by atoms with van der Waals surface area (Å²) in [4.78, 5) is 115. The number of carbonyl (C=O) groups excluding carboxylic acids is 7. The van der Waals surface area contributed by atoms with Crippen LogP contribution < -0.4 is 53.2 Å². The van der Waals surface area contributed by atoms with Gasteiger partial charge in [0.25, 0.3) is 11.8 Å². The summed E-state index contributed by atoms with van der Waals surface area (Å²) in [6.07, 6.45) is 7.33. The fraction of sp³-hybridized carbons (Fsp3) is 0.544. The molecule has 8 amide bonds. The quantitative estimate of drug-likeness (QED) is 0.0240. The van der Waals surface area contributed by atoms with Crippen molar-refractivity contribution in [2.24, 2.45) is 11.7 Å².